The molecule has 1 heterocycles. The Morgan fingerprint density at radius 1 is 1.37 bits per heavy atom. The first-order valence-electron chi connectivity index (χ1n) is 6.14. The van der Waals surface area contributed by atoms with Crippen LogP contribution < -0.4 is 5.32 Å². The maximum absolute atomic E-state index is 13.4. The number of nitrogens with one attached hydrogen (secondary N) is 1. The van der Waals surface area contributed by atoms with E-state index < -0.39 is 5.82 Å². The highest BCUT2D eigenvalue weighted by atomic mass is 35.5. The Bertz CT molecular complexity index is 533. The smallest absolute Gasteiger partial charge is 0.142 e. The van der Waals surface area contributed by atoms with E-state index >= 15 is 0 Å². The van der Waals surface area contributed by atoms with Crippen molar-refractivity contribution >= 4 is 11.6 Å². The van der Waals surface area contributed by atoms with E-state index in [1.807, 2.05) is 19.1 Å². The van der Waals surface area contributed by atoms with Crippen molar-refractivity contribution in [1.29, 1.82) is 0 Å². The number of halogens is 2. The highest BCUT2D eigenvalue weighted by Gasteiger charge is 2.13. The Morgan fingerprint density at radius 2 is 2.21 bits per heavy atom. The zero-order chi connectivity index (χ0) is 13.7. The molecule has 5 heteroatoms. The first kappa shape index (κ1) is 13.9. The van der Waals surface area contributed by atoms with Crippen molar-refractivity contribution in [3.63, 3.8) is 0 Å². The normalized spacial score (nSPS) is 12.4. The lowest BCUT2D eigenvalue weighted by Crippen LogP contribution is -2.24. The topological polar surface area (TPSA) is 37.8 Å². The van der Waals surface area contributed by atoms with E-state index in [1.165, 1.54) is 12.4 Å². The lowest BCUT2D eigenvalue weighted by Gasteiger charge is -2.17. The van der Waals surface area contributed by atoms with Crippen LogP contribution in [0.4, 0.5) is 4.39 Å². The van der Waals surface area contributed by atoms with Crippen molar-refractivity contribution in [2.45, 2.75) is 19.4 Å². The van der Waals surface area contributed by atoms with Crippen LogP contribution in [-0.4, -0.2) is 16.5 Å². The summed E-state index contributed by atoms with van der Waals surface area (Å²) in [6.45, 7) is 2.83. The number of hydrogen-bond acceptors (Lipinski definition) is 3. The maximum atomic E-state index is 13.4. The Hall–Kier alpha value is -1.52. The molecule has 1 atom stereocenters. The Balaban J connectivity index is 2.19. The molecule has 0 radical (unpaired) electrons. The molecule has 0 saturated carbocycles. The van der Waals surface area contributed by atoms with Crippen LogP contribution in [-0.2, 0) is 6.42 Å². The van der Waals surface area contributed by atoms with E-state index in [1.54, 1.807) is 12.3 Å². The van der Waals surface area contributed by atoms with Crippen molar-refractivity contribution in [1.82, 2.24) is 15.3 Å². The van der Waals surface area contributed by atoms with Gasteiger partial charge in [-0.1, -0.05) is 24.6 Å². The van der Waals surface area contributed by atoms with Crippen molar-refractivity contribution in [2.24, 2.45) is 0 Å². The minimum atomic E-state index is -0.392. The summed E-state index contributed by atoms with van der Waals surface area (Å²) in [7, 11) is 0. The maximum Gasteiger partial charge on any atom is 0.142 e. The number of benzene rings is 1. The average Bonchev–Trinajstić information content (AvgIpc) is 2.43. The first-order valence-corrected chi connectivity index (χ1v) is 6.51. The van der Waals surface area contributed by atoms with Gasteiger partial charge in [0, 0.05) is 6.20 Å². The standard InChI is InChI=1S/C14H15ClFN3/c1-2-18-14(13-5-6-17-9-19-13)8-10-3-4-11(15)12(16)7-10/h3-7,9,14,18H,2,8H2,1H3. The second-order valence-corrected chi connectivity index (χ2v) is 4.60. The van der Waals surface area contributed by atoms with Gasteiger partial charge in [-0.2, -0.15) is 0 Å². The quantitative estimate of drug-likeness (QED) is 0.914. The number of hydrogen-bond donors (Lipinski definition) is 1. The number of aromatic nitrogens is 2. The molecule has 0 saturated heterocycles. The summed E-state index contributed by atoms with van der Waals surface area (Å²) in [4.78, 5) is 8.14. The summed E-state index contributed by atoms with van der Waals surface area (Å²) in [5.74, 6) is -0.392. The van der Waals surface area contributed by atoms with Crippen LogP contribution in [0.5, 0.6) is 0 Å². The van der Waals surface area contributed by atoms with Gasteiger partial charge >= 0.3 is 0 Å². The Labute approximate surface area is 116 Å². The molecule has 0 spiro atoms. The Morgan fingerprint density at radius 3 is 2.84 bits per heavy atom. The SMILES string of the molecule is CCNC(Cc1ccc(Cl)c(F)c1)c1ccncn1. The third kappa shape index (κ3) is 3.72. The lowest BCUT2D eigenvalue weighted by molar-refractivity contribution is 0.533. The molecule has 2 aromatic rings. The molecule has 0 amide bonds. The molecule has 100 valence electrons. The highest BCUT2D eigenvalue weighted by Crippen LogP contribution is 2.20. The molecule has 1 N–H and O–H groups in total. The summed E-state index contributed by atoms with van der Waals surface area (Å²) in [5, 5.41) is 3.48. The van der Waals surface area contributed by atoms with Gasteiger partial charge in [0.2, 0.25) is 0 Å². The predicted octanol–water partition coefficient (Wildman–Crippen LogP) is 3.16. The van der Waals surface area contributed by atoms with Gasteiger partial charge in [-0.15, -0.1) is 0 Å². The van der Waals surface area contributed by atoms with Crippen LogP contribution in [0.2, 0.25) is 5.02 Å². The van der Waals surface area contributed by atoms with Crippen molar-refractivity contribution < 1.29 is 4.39 Å². The molecule has 1 aromatic heterocycles. The minimum Gasteiger partial charge on any atom is -0.309 e. The molecule has 1 aromatic carbocycles. The molecular formula is C14H15ClFN3. The van der Waals surface area contributed by atoms with Gasteiger partial charge in [0.15, 0.2) is 0 Å². The average molecular weight is 280 g/mol. The van der Waals surface area contributed by atoms with Crippen LogP contribution in [0.25, 0.3) is 0 Å². The number of rotatable bonds is 5. The summed E-state index contributed by atoms with van der Waals surface area (Å²) in [5.41, 5.74) is 1.78. The minimum absolute atomic E-state index is 0.0357. The molecular weight excluding hydrogens is 265 g/mol. The van der Waals surface area contributed by atoms with Gasteiger partial charge in [-0.3, -0.25) is 0 Å². The number of likely N-dealkylation sites (N-methyl/N-ethyl adjacent to an activating group) is 1. The fourth-order valence-electron chi connectivity index (χ4n) is 1.94. The van der Waals surface area contributed by atoms with E-state index in [9.17, 15) is 4.39 Å². The fourth-order valence-corrected chi connectivity index (χ4v) is 2.05. The summed E-state index contributed by atoms with van der Waals surface area (Å²) < 4.78 is 13.4. The van der Waals surface area contributed by atoms with Crippen LogP contribution in [0.3, 0.4) is 0 Å². The van der Waals surface area contributed by atoms with E-state index in [-0.39, 0.29) is 11.1 Å². The molecule has 0 aliphatic carbocycles. The van der Waals surface area contributed by atoms with Crippen molar-refractivity contribution in [3.8, 4) is 0 Å². The van der Waals surface area contributed by atoms with E-state index in [0.29, 0.717) is 6.42 Å². The van der Waals surface area contributed by atoms with Gasteiger partial charge in [-0.05, 0) is 36.7 Å². The van der Waals surface area contributed by atoms with Gasteiger partial charge in [0.25, 0.3) is 0 Å². The second kappa shape index (κ2) is 6.59. The van der Waals surface area contributed by atoms with E-state index in [0.717, 1.165) is 17.8 Å². The zero-order valence-electron chi connectivity index (χ0n) is 10.6. The molecule has 0 aliphatic rings. The fraction of sp³-hybridized carbons (Fsp3) is 0.286. The zero-order valence-corrected chi connectivity index (χ0v) is 11.4. The second-order valence-electron chi connectivity index (χ2n) is 4.20. The summed E-state index contributed by atoms with van der Waals surface area (Å²) in [6, 6.07) is 6.77. The Kier molecular flexibility index (Phi) is 4.82. The van der Waals surface area contributed by atoms with Crippen LogP contribution in [0, 0.1) is 5.82 Å². The van der Waals surface area contributed by atoms with E-state index in [2.05, 4.69) is 15.3 Å². The third-order valence-corrected chi connectivity index (χ3v) is 3.14. The van der Waals surface area contributed by atoms with Crippen molar-refractivity contribution in [3.05, 3.63) is 58.9 Å². The molecule has 2 rings (SSSR count). The van der Waals surface area contributed by atoms with Crippen LogP contribution >= 0.6 is 11.6 Å². The van der Waals surface area contributed by atoms with Gasteiger partial charge in [0.05, 0.1) is 16.8 Å². The molecule has 0 fully saturated rings. The van der Waals surface area contributed by atoms with Crippen LogP contribution in [0.15, 0.2) is 36.8 Å². The summed E-state index contributed by atoms with van der Waals surface area (Å²) in [6.07, 6.45) is 3.87. The molecule has 19 heavy (non-hydrogen) atoms. The van der Waals surface area contributed by atoms with Crippen LogP contribution in [0.1, 0.15) is 24.2 Å². The largest absolute Gasteiger partial charge is 0.309 e. The molecule has 3 nitrogen and oxygen atoms in total. The number of nitrogens with zero attached hydrogens (tertiary/aromatic N) is 2. The summed E-state index contributed by atoms with van der Waals surface area (Å²) >= 11 is 5.68. The highest BCUT2D eigenvalue weighted by molar-refractivity contribution is 6.30. The molecule has 1 unspecified atom stereocenters. The monoisotopic (exact) mass is 279 g/mol. The lowest BCUT2D eigenvalue weighted by atomic mass is 10.0. The van der Waals surface area contributed by atoms with Gasteiger partial charge < -0.3 is 5.32 Å². The molecule has 0 aliphatic heterocycles. The van der Waals surface area contributed by atoms with Crippen molar-refractivity contribution in [2.75, 3.05) is 6.54 Å². The third-order valence-electron chi connectivity index (χ3n) is 2.84. The predicted molar refractivity (Wildman–Crippen MR) is 73.6 cm³/mol. The van der Waals surface area contributed by atoms with Gasteiger partial charge in [-0.25, -0.2) is 14.4 Å². The van der Waals surface area contributed by atoms with Gasteiger partial charge in [0.1, 0.15) is 12.1 Å². The molecule has 0 bridgehead atoms. The first-order chi connectivity index (χ1) is 9.20. The van der Waals surface area contributed by atoms with E-state index in [4.69, 9.17) is 11.6 Å².